The van der Waals surface area contributed by atoms with Gasteiger partial charge in [-0.2, -0.15) is 0 Å². The van der Waals surface area contributed by atoms with Crippen LogP contribution in [0.3, 0.4) is 0 Å². The van der Waals surface area contributed by atoms with E-state index in [1.807, 2.05) is 37.4 Å². The summed E-state index contributed by atoms with van der Waals surface area (Å²) in [5, 5.41) is 3.34. The summed E-state index contributed by atoms with van der Waals surface area (Å²) in [6.45, 7) is 4.83. The van der Waals surface area contributed by atoms with Crippen LogP contribution in [0.1, 0.15) is 23.7 Å². The van der Waals surface area contributed by atoms with Crippen molar-refractivity contribution in [3.63, 3.8) is 0 Å². The Morgan fingerprint density at radius 1 is 1.12 bits per heavy atom. The van der Waals surface area contributed by atoms with Crippen molar-refractivity contribution < 1.29 is 4.79 Å². The number of anilines is 3. The third-order valence-corrected chi connectivity index (χ3v) is 4.10. The third kappa shape index (κ3) is 3.37. The van der Waals surface area contributed by atoms with Gasteiger partial charge >= 0.3 is 0 Å². The number of carbonyl (C=O) groups excluding carboxylic acids is 1. The van der Waals surface area contributed by atoms with E-state index >= 15 is 0 Å². The molecule has 2 aromatic rings. The van der Waals surface area contributed by atoms with Crippen LogP contribution in [0.5, 0.6) is 0 Å². The normalized spacial score (nSPS) is 13.0. The minimum Gasteiger partial charge on any atom is -0.324 e. The van der Waals surface area contributed by atoms with E-state index in [0.717, 1.165) is 43.2 Å². The second kappa shape index (κ2) is 8.13. The summed E-state index contributed by atoms with van der Waals surface area (Å²) < 4.78 is 0. The highest BCUT2D eigenvalue weighted by Crippen LogP contribution is 2.38. The van der Waals surface area contributed by atoms with Gasteiger partial charge in [0.1, 0.15) is 5.82 Å². The zero-order chi connectivity index (χ0) is 16.2. The van der Waals surface area contributed by atoms with Crippen molar-refractivity contribution in [1.29, 1.82) is 0 Å². The van der Waals surface area contributed by atoms with Gasteiger partial charge in [-0.3, -0.25) is 4.79 Å². The van der Waals surface area contributed by atoms with Gasteiger partial charge in [0.15, 0.2) is 0 Å². The first kappa shape index (κ1) is 18.2. The Balaban J connectivity index is 0.00000208. The Kier molecular flexibility index (Phi) is 6.17. The average molecular weight is 347 g/mol. The zero-order valence-electron chi connectivity index (χ0n) is 14.0. The molecule has 6 heteroatoms. The molecule has 0 saturated carbocycles. The van der Waals surface area contributed by atoms with Crippen LogP contribution in [0.4, 0.5) is 17.2 Å². The molecule has 0 aliphatic carbocycles. The number of para-hydroxylation sites is 2. The Morgan fingerprint density at radius 2 is 1.88 bits per heavy atom. The average Bonchev–Trinajstić information content (AvgIpc) is 2.68. The van der Waals surface area contributed by atoms with Crippen molar-refractivity contribution in [1.82, 2.24) is 10.3 Å². The van der Waals surface area contributed by atoms with Gasteiger partial charge in [-0.05, 0) is 43.8 Å². The zero-order valence-corrected chi connectivity index (χ0v) is 14.8. The molecule has 24 heavy (non-hydrogen) atoms. The maximum atomic E-state index is 12.8. The van der Waals surface area contributed by atoms with Gasteiger partial charge in [-0.25, -0.2) is 4.98 Å². The molecule has 2 heterocycles. The lowest BCUT2D eigenvalue weighted by Gasteiger charge is -2.25. The number of nitrogens with zero attached hydrogens (tertiary/aromatic N) is 3. The van der Waals surface area contributed by atoms with Gasteiger partial charge in [0.25, 0.3) is 5.91 Å². The van der Waals surface area contributed by atoms with E-state index in [4.69, 9.17) is 0 Å². The number of aromatic nitrogens is 1. The van der Waals surface area contributed by atoms with Crippen molar-refractivity contribution >= 4 is 35.5 Å². The van der Waals surface area contributed by atoms with Gasteiger partial charge < -0.3 is 15.1 Å². The van der Waals surface area contributed by atoms with Gasteiger partial charge in [-0.15, -0.1) is 12.4 Å². The predicted octanol–water partition coefficient (Wildman–Crippen LogP) is 3.23. The van der Waals surface area contributed by atoms with Crippen molar-refractivity contribution in [3.8, 4) is 0 Å². The topological polar surface area (TPSA) is 48.5 Å². The minimum absolute atomic E-state index is 0. The fourth-order valence-corrected chi connectivity index (χ4v) is 2.92. The first-order chi connectivity index (χ1) is 11.2. The first-order valence-corrected chi connectivity index (χ1v) is 8.04. The number of nitrogens with one attached hydrogen (secondary N) is 1. The molecule has 128 valence electrons. The maximum Gasteiger partial charge on any atom is 0.261 e. The quantitative estimate of drug-likeness (QED) is 0.844. The number of halogens is 1. The summed E-state index contributed by atoms with van der Waals surface area (Å²) in [7, 11) is 1.82. The SMILES string of the molecule is CCNCCCN1c2ccccc2N(C)C(=O)c2cccnc21.Cl. The summed E-state index contributed by atoms with van der Waals surface area (Å²) >= 11 is 0. The molecule has 1 aromatic carbocycles. The monoisotopic (exact) mass is 346 g/mol. The lowest BCUT2D eigenvalue weighted by molar-refractivity contribution is 0.0994. The summed E-state index contributed by atoms with van der Waals surface area (Å²) in [6, 6.07) is 11.7. The fraction of sp³-hybridized carbons (Fsp3) is 0.333. The fourth-order valence-electron chi connectivity index (χ4n) is 2.92. The second-order valence-electron chi connectivity index (χ2n) is 5.59. The van der Waals surface area contributed by atoms with E-state index in [2.05, 4.69) is 28.2 Å². The molecule has 0 atom stereocenters. The van der Waals surface area contributed by atoms with Crippen LogP contribution in [0.25, 0.3) is 0 Å². The summed E-state index contributed by atoms with van der Waals surface area (Å²) in [6.07, 6.45) is 2.73. The van der Waals surface area contributed by atoms with Crippen LogP contribution in [0, 0.1) is 0 Å². The molecule has 0 fully saturated rings. The molecular formula is C18H23ClN4O. The Bertz CT molecular complexity index is 707. The lowest BCUT2D eigenvalue weighted by atomic mass is 10.2. The number of fused-ring (bicyclic) bond motifs is 2. The molecule has 1 N–H and O–H groups in total. The molecular weight excluding hydrogens is 324 g/mol. The number of amides is 1. The molecule has 3 rings (SSSR count). The van der Waals surface area contributed by atoms with Crippen molar-refractivity contribution in [2.75, 3.05) is 36.5 Å². The highest BCUT2D eigenvalue weighted by molar-refractivity contribution is 6.12. The van der Waals surface area contributed by atoms with Crippen LogP contribution >= 0.6 is 12.4 Å². The van der Waals surface area contributed by atoms with Crippen molar-refractivity contribution in [2.24, 2.45) is 0 Å². The number of hydrogen-bond acceptors (Lipinski definition) is 4. The number of hydrogen-bond donors (Lipinski definition) is 1. The highest BCUT2D eigenvalue weighted by atomic mass is 35.5. The number of carbonyl (C=O) groups is 1. The molecule has 1 aromatic heterocycles. The standard InChI is InChI=1S/C18H22N4O.ClH/c1-3-19-11-7-13-22-16-10-5-4-9-15(16)21(2)18(23)14-8-6-12-20-17(14)22;/h4-6,8-10,12,19H,3,7,11,13H2,1-2H3;1H. The minimum atomic E-state index is -0.0188. The predicted molar refractivity (Wildman–Crippen MR) is 101 cm³/mol. The van der Waals surface area contributed by atoms with Crippen LogP contribution in [-0.4, -0.2) is 37.6 Å². The van der Waals surface area contributed by atoms with E-state index in [1.165, 1.54) is 0 Å². The van der Waals surface area contributed by atoms with Gasteiger partial charge in [0, 0.05) is 19.8 Å². The molecule has 0 bridgehead atoms. The molecule has 0 unspecified atom stereocenters. The number of pyridine rings is 1. The van der Waals surface area contributed by atoms with Gasteiger partial charge in [0.2, 0.25) is 0 Å². The molecule has 0 spiro atoms. The van der Waals surface area contributed by atoms with E-state index in [0.29, 0.717) is 5.56 Å². The van der Waals surface area contributed by atoms with Crippen LogP contribution < -0.4 is 15.1 Å². The summed E-state index contributed by atoms with van der Waals surface area (Å²) in [5.41, 5.74) is 2.59. The van der Waals surface area contributed by atoms with E-state index in [9.17, 15) is 4.79 Å². The molecule has 1 aliphatic rings. The number of benzene rings is 1. The van der Waals surface area contributed by atoms with Crippen molar-refractivity contribution in [3.05, 3.63) is 48.2 Å². The number of rotatable bonds is 5. The van der Waals surface area contributed by atoms with E-state index in [-0.39, 0.29) is 18.3 Å². The van der Waals surface area contributed by atoms with Crippen LogP contribution in [-0.2, 0) is 0 Å². The van der Waals surface area contributed by atoms with Gasteiger partial charge in [-0.1, -0.05) is 19.1 Å². The maximum absolute atomic E-state index is 12.8. The Morgan fingerprint density at radius 3 is 2.62 bits per heavy atom. The molecule has 1 amide bonds. The molecule has 0 radical (unpaired) electrons. The molecule has 1 aliphatic heterocycles. The highest BCUT2D eigenvalue weighted by Gasteiger charge is 2.29. The Hall–Kier alpha value is -2.11. The van der Waals surface area contributed by atoms with E-state index in [1.54, 1.807) is 11.1 Å². The largest absolute Gasteiger partial charge is 0.324 e. The van der Waals surface area contributed by atoms with Crippen LogP contribution in [0.2, 0.25) is 0 Å². The molecule has 0 saturated heterocycles. The van der Waals surface area contributed by atoms with E-state index < -0.39 is 0 Å². The first-order valence-electron chi connectivity index (χ1n) is 8.04. The van der Waals surface area contributed by atoms with Gasteiger partial charge in [0.05, 0.1) is 16.9 Å². The smallest absolute Gasteiger partial charge is 0.261 e. The lowest BCUT2D eigenvalue weighted by Crippen LogP contribution is -2.25. The second-order valence-corrected chi connectivity index (χ2v) is 5.59. The third-order valence-electron chi connectivity index (χ3n) is 4.10. The summed E-state index contributed by atoms with van der Waals surface area (Å²) in [5.74, 6) is 0.723. The Labute approximate surface area is 149 Å². The summed E-state index contributed by atoms with van der Waals surface area (Å²) in [4.78, 5) is 21.1. The molecule has 5 nitrogen and oxygen atoms in total. The van der Waals surface area contributed by atoms with Crippen LogP contribution in [0.15, 0.2) is 42.6 Å². The van der Waals surface area contributed by atoms with Crippen molar-refractivity contribution in [2.45, 2.75) is 13.3 Å².